The molecule has 0 aliphatic rings. The van der Waals surface area contributed by atoms with Crippen molar-refractivity contribution in [2.45, 2.75) is 22.2 Å². The predicted octanol–water partition coefficient (Wildman–Crippen LogP) is 7.69. The maximum atomic E-state index is 13.9. The fourth-order valence-corrected chi connectivity index (χ4v) is 5.66. The van der Waals surface area contributed by atoms with E-state index in [9.17, 15) is 35.5 Å². The number of alkyl halides is 7. The lowest BCUT2D eigenvalue weighted by molar-refractivity contribution is -0.330. The Kier molecular flexibility index (Phi) is 7.47. The van der Waals surface area contributed by atoms with Gasteiger partial charge in [0.15, 0.2) is 0 Å². The van der Waals surface area contributed by atoms with Gasteiger partial charge >= 0.3 is 17.4 Å². The lowest BCUT2D eigenvalue weighted by Gasteiger charge is -2.28. The summed E-state index contributed by atoms with van der Waals surface area (Å²) >= 11 is 7.81. The molecule has 0 heterocycles. The fourth-order valence-electron chi connectivity index (χ4n) is 2.00. The van der Waals surface area contributed by atoms with Crippen LogP contribution in [0.2, 0.25) is 0 Å². The van der Waals surface area contributed by atoms with Gasteiger partial charge in [0.2, 0.25) is 0 Å². The molecule has 2 aromatic rings. The van der Waals surface area contributed by atoms with Crippen LogP contribution < -0.4 is 11.1 Å². The van der Waals surface area contributed by atoms with Crippen LogP contribution in [0, 0.1) is 0 Å². The van der Waals surface area contributed by atoms with Crippen LogP contribution in [0.25, 0.3) is 0 Å². The minimum atomic E-state index is -6.47. The summed E-state index contributed by atoms with van der Waals surface area (Å²) in [5, 5.41) is -3.18. The molecule has 2 rings (SSSR count). The Morgan fingerprint density at radius 3 is 2.10 bits per heavy atom. The van der Waals surface area contributed by atoms with Gasteiger partial charge in [0, 0.05) is 25.1 Å². The molecule has 3 nitrogen and oxygen atoms in total. The van der Waals surface area contributed by atoms with Crippen molar-refractivity contribution >= 4 is 76.8 Å². The Balaban J connectivity index is 2.45. The molecule has 0 radical (unpaired) electrons. The lowest BCUT2D eigenvalue weighted by Crippen LogP contribution is -2.50. The van der Waals surface area contributed by atoms with E-state index in [0.29, 0.717) is 0 Å². The molecule has 14 heteroatoms. The van der Waals surface area contributed by atoms with Crippen LogP contribution in [0.1, 0.15) is 10.4 Å². The van der Waals surface area contributed by atoms with Crippen LogP contribution in [0.3, 0.4) is 0 Å². The summed E-state index contributed by atoms with van der Waals surface area (Å²) in [7, 11) is 0. The lowest BCUT2D eigenvalue weighted by atomic mass is 10.2. The second kappa shape index (κ2) is 8.87. The fraction of sp³-hybridized carbons (Fsp3) is 0.188. The maximum Gasteiger partial charge on any atom is 0.460 e. The number of carbonyl (C=O) groups excluding carboxylic acids is 1. The Morgan fingerprint density at radius 2 is 1.57 bits per heavy atom. The number of anilines is 2. The topological polar surface area (TPSA) is 55.1 Å². The molecule has 1 amide bonds. The van der Waals surface area contributed by atoms with Crippen LogP contribution in [0.5, 0.6) is 0 Å². The smallest absolute Gasteiger partial charge is 0.399 e. The first-order valence-electron chi connectivity index (χ1n) is 7.44. The van der Waals surface area contributed by atoms with Gasteiger partial charge in [-0.05, 0) is 83.8 Å². The Bertz CT molecular complexity index is 986. The minimum absolute atomic E-state index is 0.0971. The van der Waals surface area contributed by atoms with E-state index in [1.807, 2.05) is 0 Å². The van der Waals surface area contributed by atoms with Gasteiger partial charge in [0.05, 0.1) is 10.2 Å². The summed E-state index contributed by atoms with van der Waals surface area (Å²) in [6.45, 7) is 0. The van der Waals surface area contributed by atoms with E-state index in [-0.39, 0.29) is 30.4 Å². The van der Waals surface area contributed by atoms with Gasteiger partial charge in [-0.25, -0.2) is 0 Å². The van der Waals surface area contributed by atoms with E-state index in [1.165, 1.54) is 24.3 Å². The van der Waals surface area contributed by atoms with E-state index in [0.717, 1.165) is 6.07 Å². The molecule has 0 aliphatic heterocycles. The van der Waals surface area contributed by atoms with Gasteiger partial charge in [-0.1, -0.05) is 6.07 Å². The van der Waals surface area contributed by atoms with Crippen LogP contribution in [0.4, 0.5) is 42.1 Å². The zero-order chi connectivity index (χ0) is 23.1. The quantitative estimate of drug-likeness (QED) is 0.199. The highest BCUT2D eigenvalue weighted by molar-refractivity contribution is 9.11. The zero-order valence-electron chi connectivity index (χ0n) is 14.1. The van der Waals surface area contributed by atoms with E-state index < -0.39 is 39.9 Å². The average Bonchev–Trinajstić information content (AvgIpc) is 2.61. The Morgan fingerprint density at radius 1 is 0.967 bits per heavy atom. The molecular weight excluding hydrogens is 641 g/mol. The summed E-state index contributed by atoms with van der Waals surface area (Å²) in [5.41, 5.74) is 5.78. The van der Waals surface area contributed by atoms with Crippen molar-refractivity contribution in [1.29, 1.82) is 0 Å². The molecular formula is C16H8Br3F7N2OS. The van der Waals surface area contributed by atoms with Crippen molar-refractivity contribution < 1.29 is 35.5 Å². The van der Waals surface area contributed by atoms with E-state index in [1.54, 1.807) is 0 Å². The highest BCUT2D eigenvalue weighted by Gasteiger charge is 2.73. The average molecular weight is 649 g/mol. The third-order valence-corrected chi connectivity index (χ3v) is 7.18. The van der Waals surface area contributed by atoms with Crippen molar-refractivity contribution in [1.82, 2.24) is 0 Å². The maximum absolute atomic E-state index is 13.9. The number of benzene rings is 2. The molecule has 0 saturated heterocycles. The SMILES string of the molecule is Nc1cccc(C(=O)Nc2c(Br)cc(Br)c(SC(F)(F)C(F)(F)C(F)(F)F)c2Br)c1. The number of nitrogens with two attached hydrogens (primary N) is 1. The number of nitrogens with one attached hydrogen (secondary N) is 1. The molecule has 0 atom stereocenters. The van der Waals surface area contributed by atoms with E-state index in [4.69, 9.17) is 5.73 Å². The first kappa shape index (κ1) is 25.3. The van der Waals surface area contributed by atoms with Gasteiger partial charge in [-0.3, -0.25) is 4.79 Å². The van der Waals surface area contributed by atoms with Gasteiger partial charge in [-0.15, -0.1) is 0 Å². The Hall–Kier alpha value is -0.990. The standard InChI is InChI=1S/C16H8Br3F7N2OS/c17-8-5-9(18)12(30-16(25,26)14(20,21)15(22,23)24)10(19)11(8)28-13(29)6-2-1-3-7(27)4-6/h1-5H,27H2,(H,28,29). The van der Waals surface area contributed by atoms with Crippen LogP contribution in [-0.4, -0.2) is 23.3 Å². The third-order valence-electron chi connectivity index (χ3n) is 3.47. The summed E-state index contributed by atoms with van der Waals surface area (Å²) in [4.78, 5) is 11.7. The van der Waals surface area contributed by atoms with E-state index >= 15 is 0 Å². The van der Waals surface area contributed by atoms with E-state index in [2.05, 4.69) is 53.1 Å². The number of nitrogen functional groups attached to an aromatic ring is 1. The monoisotopic (exact) mass is 646 g/mol. The van der Waals surface area contributed by atoms with Crippen LogP contribution in [0.15, 0.2) is 48.6 Å². The molecule has 0 saturated carbocycles. The third kappa shape index (κ3) is 5.07. The summed E-state index contributed by atoms with van der Waals surface area (Å²) in [5.74, 6) is -7.03. The summed E-state index contributed by atoms with van der Waals surface area (Å²) in [6, 6.07) is 6.84. The molecule has 30 heavy (non-hydrogen) atoms. The zero-order valence-corrected chi connectivity index (χ0v) is 19.6. The molecule has 0 aromatic heterocycles. The second-order valence-electron chi connectivity index (χ2n) is 5.63. The number of rotatable bonds is 5. The number of halogens is 10. The number of carbonyl (C=O) groups is 1. The van der Waals surface area contributed by atoms with Crippen molar-refractivity contribution in [3.05, 3.63) is 49.3 Å². The number of thioether (sulfide) groups is 1. The largest absolute Gasteiger partial charge is 0.460 e. The van der Waals surface area contributed by atoms with Crippen molar-refractivity contribution in [3.8, 4) is 0 Å². The molecule has 0 fully saturated rings. The first-order valence-corrected chi connectivity index (χ1v) is 10.6. The normalized spacial score (nSPS) is 12.7. The molecule has 3 N–H and O–H groups in total. The van der Waals surface area contributed by atoms with Crippen LogP contribution >= 0.6 is 59.6 Å². The van der Waals surface area contributed by atoms with Gasteiger partial charge in [-0.2, -0.15) is 30.7 Å². The highest BCUT2D eigenvalue weighted by atomic mass is 79.9. The molecule has 164 valence electrons. The minimum Gasteiger partial charge on any atom is -0.399 e. The van der Waals surface area contributed by atoms with Gasteiger partial charge < -0.3 is 11.1 Å². The molecule has 0 aliphatic carbocycles. The first-order chi connectivity index (χ1) is 13.6. The number of hydrogen-bond acceptors (Lipinski definition) is 3. The van der Waals surface area contributed by atoms with Crippen LogP contribution in [-0.2, 0) is 0 Å². The second-order valence-corrected chi connectivity index (χ2v) is 9.26. The number of hydrogen-bond donors (Lipinski definition) is 2. The molecule has 0 unspecified atom stereocenters. The predicted molar refractivity (Wildman–Crippen MR) is 110 cm³/mol. The summed E-state index contributed by atoms with van der Waals surface area (Å²) < 4.78 is 91.2. The molecule has 0 spiro atoms. The van der Waals surface area contributed by atoms with Gasteiger partial charge in [0.1, 0.15) is 0 Å². The van der Waals surface area contributed by atoms with Crippen molar-refractivity contribution in [2.24, 2.45) is 0 Å². The van der Waals surface area contributed by atoms with Crippen molar-refractivity contribution in [2.75, 3.05) is 11.1 Å². The highest BCUT2D eigenvalue weighted by Crippen LogP contribution is 2.57. The van der Waals surface area contributed by atoms with Crippen molar-refractivity contribution in [3.63, 3.8) is 0 Å². The molecule has 0 bridgehead atoms. The Labute approximate surface area is 194 Å². The number of amides is 1. The molecule has 2 aromatic carbocycles. The summed E-state index contributed by atoms with van der Waals surface area (Å²) in [6.07, 6.45) is -6.47. The van der Waals surface area contributed by atoms with Gasteiger partial charge in [0.25, 0.3) is 5.91 Å².